The second-order valence-corrected chi connectivity index (χ2v) is 29.9. The Morgan fingerprint density at radius 1 is 0.284 bits per heavy atom. The Kier molecular flexibility index (Phi) is 72.3. The van der Waals surface area contributed by atoms with Gasteiger partial charge in [-0.3, -0.25) is 37.3 Å². The van der Waals surface area contributed by atoms with Crippen LogP contribution in [0.25, 0.3) is 0 Å². The third-order valence-corrected chi connectivity index (χ3v) is 19.0. The van der Waals surface area contributed by atoms with Gasteiger partial charge in [0.15, 0.2) is 12.2 Å². The van der Waals surface area contributed by atoms with Gasteiger partial charge in [0.1, 0.15) is 19.3 Å². The van der Waals surface area contributed by atoms with Gasteiger partial charge in [0, 0.05) is 25.7 Å². The van der Waals surface area contributed by atoms with Gasteiger partial charge in [-0.1, -0.05) is 324 Å². The van der Waals surface area contributed by atoms with Gasteiger partial charge in [0.2, 0.25) is 0 Å². The average molecular weight is 1480 g/mol. The van der Waals surface area contributed by atoms with Crippen molar-refractivity contribution in [3.63, 3.8) is 0 Å². The fourth-order valence-electron chi connectivity index (χ4n) is 10.9. The van der Waals surface area contributed by atoms with Crippen LogP contribution in [0, 0.1) is 0 Å². The number of aliphatic hydroxyl groups is 1. The van der Waals surface area contributed by atoms with E-state index in [0.717, 1.165) is 128 Å². The number of phosphoric ester groups is 2. The minimum atomic E-state index is -4.99. The third kappa shape index (κ3) is 74.3. The van der Waals surface area contributed by atoms with Gasteiger partial charge in [0.25, 0.3) is 0 Å². The highest BCUT2D eigenvalue weighted by molar-refractivity contribution is 7.47. The number of carbonyl (C=O) groups is 4. The van der Waals surface area contributed by atoms with Crippen molar-refractivity contribution in [2.24, 2.45) is 0 Å². The summed E-state index contributed by atoms with van der Waals surface area (Å²) in [6.07, 6.45) is 79.7. The quantitative estimate of drug-likeness (QED) is 0.0169. The predicted octanol–water partition coefficient (Wildman–Crippen LogP) is 23.6. The predicted molar refractivity (Wildman–Crippen MR) is 418 cm³/mol. The number of allylic oxidation sites excluding steroid dienone is 16. The minimum absolute atomic E-state index is 0.0382. The highest BCUT2D eigenvalue weighted by atomic mass is 31.2. The first-order chi connectivity index (χ1) is 49.7. The van der Waals surface area contributed by atoms with Gasteiger partial charge in [-0.2, -0.15) is 0 Å². The van der Waals surface area contributed by atoms with E-state index in [1.54, 1.807) is 0 Å². The summed E-state index contributed by atoms with van der Waals surface area (Å²) in [5.74, 6) is -2.26. The molecule has 0 bridgehead atoms. The van der Waals surface area contributed by atoms with Crippen LogP contribution in [0.3, 0.4) is 0 Å². The molecular weight excluding hydrogens is 1330 g/mol. The zero-order chi connectivity index (χ0) is 74.6. The van der Waals surface area contributed by atoms with Crippen LogP contribution in [0.4, 0.5) is 0 Å². The molecule has 0 spiro atoms. The molecular formula is C83H146O17P2. The monoisotopic (exact) mass is 1480 g/mol. The van der Waals surface area contributed by atoms with Gasteiger partial charge in [-0.25, -0.2) is 9.13 Å². The van der Waals surface area contributed by atoms with Crippen molar-refractivity contribution in [1.29, 1.82) is 0 Å². The van der Waals surface area contributed by atoms with E-state index >= 15 is 0 Å². The molecule has 17 nitrogen and oxygen atoms in total. The van der Waals surface area contributed by atoms with Crippen molar-refractivity contribution < 1.29 is 80.2 Å². The number of carbonyl (C=O) groups excluding carboxylic acids is 4. The van der Waals surface area contributed by atoms with E-state index < -0.39 is 97.5 Å². The molecule has 0 heterocycles. The van der Waals surface area contributed by atoms with E-state index in [2.05, 4.69) is 107 Å². The lowest BCUT2D eigenvalue weighted by molar-refractivity contribution is -0.161. The maximum atomic E-state index is 13.1. The zero-order valence-corrected chi connectivity index (χ0v) is 66.3. The maximum Gasteiger partial charge on any atom is 0.472 e. The first kappa shape index (κ1) is 98.0. The van der Waals surface area contributed by atoms with Crippen LogP contribution in [-0.4, -0.2) is 96.7 Å². The Hall–Kier alpha value is -4.02. The summed E-state index contributed by atoms with van der Waals surface area (Å²) in [7, 11) is -9.97. The van der Waals surface area contributed by atoms with Crippen LogP contribution >= 0.6 is 15.6 Å². The molecule has 102 heavy (non-hydrogen) atoms. The minimum Gasteiger partial charge on any atom is -0.462 e. The molecule has 0 aliphatic rings. The normalized spacial score (nSPS) is 14.4. The molecule has 19 heteroatoms. The van der Waals surface area contributed by atoms with Gasteiger partial charge < -0.3 is 33.8 Å². The third-order valence-electron chi connectivity index (χ3n) is 17.1. The number of esters is 4. The molecule has 3 N–H and O–H groups in total. The summed E-state index contributed by atoms with van der Waals surface area (Å²) in [5.41, 5.74) is 0. The Balaban J connectivity index is 5.39. The lowest BCUT2D eigenvalue weighted by Gasteiger charge is -2.21. The zero-order valence-electron chi connectivity index (χ0n) is 64.5. The van der Waals surface area contributed by atoms with Crippen molar-refractivity contribution in [3.8, 4) is 0 Å². The smallest absolute Gasteiger partial charge is 0.462 e. The van der Waals surface area contributed by atoms with Gasteiger partial charge >= 0.3 is 39.5 Å². The highest BCUT2D eigenvalue weighted by Crippen LogP contribution is 2.45. The largest absolute Gasteiger partial charge is 0.472 e. The Morgan fingerprint density at radius 2 is 0.529 bits per heavy atom. The van der Waals surface area contributed by atoms with Crippen LogP contribution in [-0.2, 0) is 65.4 Å². The summed E-state index contributed by atoms with van der Waals surface area (Å²) < 4.78 is 68.5. The fourth-order valence-corrected chi connectivity index (χ4v) is 12.5. The summed E-state index contributed by atoms with van der Waals surface area (Å²) in [5, 5.41) is 10.6. The first-order valence-corrected chi connectivity index (χ1v) is 43.5. The molecule has 5 atom stereocenters. The van der Waals surface area contributed by atoms with Crippen LogP contribution in [0.2, 0.25) is 0 Å². The Bertz CT molecular complexity index is 2310. The summed E-state index contributed by atoms with van der Waals surface area (Å²) in [6.45, 7) is 4.69. The fraction of sp³-hybridized carbons (Fsp3) is 0.759. The average Bonchev–Trinajstić information content (AvgIpc) is 0.908. The summed E-state index contributed by atoms with van der Waals surface area (Å²) >= 11 is 0. The Labute approximate surface area is 620 Å². The second kappa shape index (κ2) is 75.2. The van der Waals surface area contributed by atoms with Gasteiger partial charge in [-0.05, 0) is 96.3 Å². The van der Waals surface area contributed by atoms with Crippen molar-refractivity contribution in [3.05, 3.63) is 97.2 Å². The molecule has 0 rings (SSSR count). The molecule has 0 aliphatic carbocycles. The molecule has 0 fully saturated rings. The molecule has 0 saturated carbocycles. The van der Waals surface area contributed by atoms with Crippen LogP contribution in [0.1, 0.15) is 349 Å². The van der Waals surface area contributed by atoms with E-state index in [4.69, 9.17) is 37.0 Å². The van der Waals surface area contributed by atoms with Crippen molar-refractivity contribution in [2.45, 2.75) is 367 Å². The molecule has 0 saturated heterocycles. The molecule has 0 aromatic rings. The van der Waals surface area contributed by atoms with Crippen LogP contribution in [0.15, 0.2) is 97.2 Å². The maximum absolute atomic E-state index is 13.1. The number of hydrogen-bond donors (Lipinski definition) is 3. The molecule has 5 unspecified atom stereocenters. The second-order valence-electron chi connectivity index (χ2n) is 27.0. The number of aliphatic hydroxyl groups excluding tert-OH is 1. The highest BCUT2D eigenvalue weighted by Gasteiger charge is 2.30. The summed E-state index contributed by atoms with van der Waals surface area (Å²) in [6, 6.07) is 0. The molecule has 0 aromatic heterocycles. The number of rotatable bonds is 76. The standard InChI is InChI=1S/C83H146O17P2/c1-5-9-13-17-21-25-29-33-36-37-38-39-42-45-48-52-56-60-64-68-81(86)94-73-78(99-82(87)69-65-61-57-53-49-43-32-28-24-20-16-12-8-4)75-97-101(89,90)95-71-77(84)72-96-102(91,92)98-76-79(100-83(88)70-66-62-58-54-50-46-41-35-31-27-23-19-15-11-7-3)74-93-80(85)67-63-59-55-51-47-44-40-34-30-26-22-18-14-10-6-2/h9,13,21-22,25-26,33-34,36,38-40,45,48,56,60,77-79,84H,5-8,10-12,14-20,23-24,27-32,35,37,41-44,46-47,49-55,57-59,61-76H2,1-4H3,(H,89,90)(H,91,92)/b13-9-,25-21-,26-22-,36-33-,39-38-,40-34-,48-45-,60-56-. The van der Waals surface area contributed by atoms with Gasteiger partial charge in [0.05, 0.1) is 26.4 Å². The SMILES string of the molecule is CC/C=C\C/C=C\C/C=C\C/C=C\C/C=C\C/C=C\CCC(=O)OCC(COP(=O)(O)OCC(O)COP(=O)(O)OCC(COC(=O)CCCCCCC/C=C\C/C=C\CCCCC)OC(=O)CCCCCCCCCCCCCCCCC)OC(=O)CCCCCCCCCCCCCCC. The van der Waals surface area contributed by atoms with E-state index in [1.807, 2.05) is 18.2 Å². The van der Waals surface area contributed by atoms with Crippen molar-refractivity contribution in [1.82, 2.24) is 0 Å². The van der Waals surface area contributed by atoms with Crippen LogP contribution < -0.4 is 0 Å². The number of phosphoric acid groups is 2. The van der Waals surface area contributed by atoms with Crippen LogP contribution in [0.5, 0.6) is 0 Å². The van der Waals surface area contributed by atoms with Crippen molar-refractivity contribution in [2.75, 3.05) is 39.6 Å². The summed E-state index contributed by atoms with van der Waals surface area (Å²) in [4.78, 5) is 73.0. The number of hydrogen-bond acceptors (Lipinski definition) is 15. The molecule has 0 aliphatic heterocycles. The molecule has 0 aromatic carbocycles. The molecule has 590 valence electrons. The van der Waals surface area contributed by atoms with Crippen molar-refractivity contribution >= 4 is 39.5 Å². The van der Waals surface area contributed by atoms with E-state index in [1.165, 1.54) is 135 Å². The van der Waals surface area contributed by atoms with E-state index in [9.17, 15) is 43.2 Å². The lowest BCUT2D eigenvalue weighted by Crippen LogP contribution is -2.30. The molecule has 0 amide bonds. The van der Waals surface area contributed by atoms with Gasteiger partial charge in [-0.15, -0.1) is 0 Å². The number of ether oxygens (including phenoxy) is 4. The van der Waals surface area contributed by atoms with E-state index in [0.29, 0.717) is 32.1 Å². The molecule has 0 radical (unpaired) electrons. The number of unbranched alkanes of at least 4 members (excludes halogenated alkanes) is 34. The first-order valence-electron chi connectivity index (χ1n) is 40.5. The lowest BCUT2D eigenvalue weighted by atomic mass is 10.0. The topological polar surface area (TPSA) is 237 Å². The van der Waals surface area contributed by atoms with E-state index in [-0.39, 0.29) is 25.7 Å². The Morgan fingerprint density at radius 3 is 0.863 bits per heavy atom.